The number of aromatic nitrogens is 1. The molecule has 1 saturated heterocycles. The lowest BCUT2D eigenvalue weighted by Gasteiger charge is -2.25. The maximum absolute atomic E-state index is 12.1. The Morgan fingerprint density at radius 3 is 2.63 bits per heavy atom. The van der Waals surface area contributed by atoms with Gasteiger partial charge in [-0.25, -0.2) is 4.79 Å². The van der Waals surface area contributed by atoms with E-state index >= 15 is 0 Å². The van der Waals surface area contributed by atoms with E-state index in [1.165, 1.54) is 0 Å². The zero-order chi connectivity index (χ0) is 24.6. The summed E-state index contributed by atoms with van der Waals surface area (Å²) in [4.78, 5) is 33.9. The van der Waals surface area contributed by atoms with Gasteiger partial charge in [0.2, 0.25) is 0 Å². The summed E-state index contributed by atoms with van der Waals surface area (Å²) in [5, 5.41) is 20.2. The van der Waals surface area contributed by atoms with Crippen LogP contribution in [0.1, 0.15) is 36.6 Å². The Balaban J connectivity index is 1.27. The molecule has 0 spiro atoms. The van der Waals surface area contributed by atoms with Crippen molar-refractivity contribution < 1.29 is 24.3 Å². The minimum Gasteiger partial charge on any atom is -0.489 e. The van der Waals surface area contributed by atoms with Crippen LogP contribution < -0.4 is 15.4 Å². The summed E-state index contributed by atoms with van der Waals surface area (Å²) in [7, 11) is 0. The third-order valence-corrected chi connectivity index (χ3v) is 6.47. The second-order valence-electron chi connectivity index (χ2n) is 9.25. The summed E-state index contributed by atoms with van der Waals surface area (Å²) < 4.78 is 6.04. The number of benzene rings is 2. The molecule has 3 heterocycles. The number of hydrogen-bond acceptors (Lipinski definition) is 7. The van der Waals surface area contributed by atoms with Crippen molar-refractivity contribution in [3.63, 3.8) is 0 Å². The molecule has 2 unspecified atom stereocenters. The van der Waals surface area contributed by atoms with Gasteiger partial charge in [0, 0.05) is 35.0 Å². The quantitative estimate of drug-likeness (QED) is 0.453. The largest absolute Gasteiger partial charge is 0.489 e. The van der Waals surface area contributed by atoms with Gasteiger partial charge in [0.25, 0.3) is 5.91 Å². The molecule has 2 aliphatic rings. The number of oxime groups is 1. The Morgan fingerprint density at radius 2 is 1.91 bits per heavy atom. The number of aliphatic hydroxyl groups is 1. The number of rotatable bonds is 7. The fraction of sp³-hybridized carbons (Fsp3) is 0.308. The Kier molecular flexibility index (Phi) is 5.64. The number of ether oxygens (including phenoxy) is 1. The number of nitrogens with one attached hydrogen (secondary N) is 2. The number of carbonyl (C=O) groups excluding carboxylic acids is 2. The molecule has 0 saturated carbocycles. The molecule has 35 heavy (non-hydrogen) atoms. The van der Waals surface area contributed by atoms with Crippen molar-refractivity contribution in [2.75, 3.05) is 6.61 Å². The number of urea groups is 1. The van der Waals surface area contributed by atoms with Crippen molar-refractivity contribution in [3.05, 3.63) is 71.4 Å². The van der Waals surface area contributed by atoms with Gasteiger partial charge in [-0.15, -0.1) is 0 Å². The van der Waals surface area contributed by atoms with Crippen molar-refractivity contribution in [3.8, 4) is 5.75 Å². The van der Waals surface area contributed by atoms with Crippen molar-refractivity contribution in [2.45, 2.75) is 44.4 Å². The fourth-order valence-electron chi connectivity index (χ4n) is 4.61. The first-order chi connectivity index (χ1) is 16.8. The molecule has 180 valence electrons. The van der Waals surface area contributed by atoms with E-state index in [1.807, 2.05) is 61.5 Å². The molecular weight excluding hydrogens is 448 g/mol. The number of amides is 3. The van der Waals surface area contributed by atoms with Crippen LogP contribution in [0.2, 0.25) is 0 Å². The number of imide groups is 1. The third-order valence-electron chi connectivity index (χ3n) is 6.47. The van der Waals surface area contributed by atoms with Gasteiger partial charge < -0.3 is 20.0 Å². The van der Waals surface area contributed by atoms with E-state index in [-0.39, 0.29) is 13.0 Å². The van der Waals surface area contributed by atoms with Crippen LogP contribution in [0.4, 0.5) is 4.79 Å². The lowest BCUT2D eigenvalue weighted by atomic mass is 9.85. The van der Waals surface area contributed by atoms with Gasteiger partial charge >= 0.3 is 6.03 Å². The number of pyridine rings is 1. The van der Waals surface area contributed by atoms with E-state index in [9.17, 15) is 14.7 Å². The molecule has 0 bridgehead atoms. The summed E-state index contributed by atoms with van der Waals surface area (Å²) in [6.07, 6.45) is 0.484. The maximum Gasteiger partial charge on any atom is 0.322 e. The molecule has 9 heteroatoms. The molecule has 3 N–H and O–H groups in total. The highest BCUT2D eigenvalue weighted by Crippen LogP contribution is 2.37. The first-order valence-corrected chi connectivity index (χ1v) is 11.4. The van der Waals surface area contributed by atoms with Crippen molar-refractivity contribution in [2.24, 2.45) is 5.16 Å². The first kappa shape index (κ1) is 22.8. The first-order valence-electron chi connectivity index (χ1n) is 11.4. The normalized spacial score (nSPS) is 23.6. The smallest absolute Gasteiger partial charge is 0.322 e. The Bertz CT molecular complexity index is 1340. The predicted octanol–water partition coefficient (Wildman–Crippen LogP) is 3.07. The van der Waals surface area contributed by atoms with Crippen molar-refractivity contribution in [1.29, 1.82) is 0 Å². The van der Waals surface area contributed by atoms with E-state index in [0.29, 0.717) is 24.5 Å². The van der Waals surface area contributed by atoms with Crippen LogP contribution in [0, 0.1) is 6.92 Å². The van der Waals surface area contributed by atoms with Gasteiger partial charge in [0.1, 0.15) is 17.9 Å². The van der Waals surface area contributed by atoms with Crippen LogP contribution in [0.3, 0.4) is 0 Å². The number of aliphatic hydroxyl groups excluding tert-OH is 1. The fourth-order valence-corrected chi connectivity index (χ4v) is 4.61. The molecule has 9 nitrogen and oxygen atoms in total. The number of nitrogens with zero attached hydrogens (tertiary/aromatic N) is 2. The van der Waals surface area contributed by atoms with Crippen LogP contribution in [-0.2, 0) is 21.8 Å². The second-order valence-corrected chi connectivity index (χ2v) is 9.25. The highest BCUT2D eigenvalue weighted by Gasteiger charge is 2.47. The summed E-state index contributed by atoms with van der Waals surface area (Å²) in [5.41, 5.74) is 2.09. The molecule has 0 radical (unpaired) electrons. The molecule has 5 rings (SSSR count). The molecule has 3 amide bonds. The molecule has 2 aromatic carbocycles. The summed E-state index contributed by atoms with van der Waals surface area (Å²) in [6, 6.07) is 16.8. The van der Waals surface area contributed by atoms with Crippen LogP contribution in [0.15, 0.2) is 59.8 Å². The highest BCUT2D eigenvalue weighted by molar-refractivity contribution is 6.09. The van der Waals surface area contributed by atoms with Gasteiger partial charge in [-0.3, -0.25) is 15.1 Å². The Morgan fingerprint density at radius 1 is 1.14 bits per heavy atom. The highest BCUT2D eigenvalue weighted by atomic mass is 16.7. The van der Waals surface area contributed by atoms with Gasteiger partial charge in [-0.2, -0.15) is 0 Å². The summed E-state index contributed by atoms with van der Waals surface area (Å²) >= 11 is 0. The number of carbonyl (C=O) groups is 2. The Labute approximate surface area is 202 Å². The van der Waals surface area contributed by atoms with Crippen molar-refractivity contribution >= 4 is 28.6 Å². The van der Waals surface area contributed by atoms with Gasteiger partial charge in [-0.05, 0) is 38.1 Å². The maximum atomic E-state index is 12.1. The zero-order valence-electron chi connectivity index (χ0n) is 19.5. The standard InChI is InChI=1S/C26H26N4O5/c1-16-11-17(21-5-3-4-6-22(21)27-16)14-34-20-9-7-18(8-10-20)26(15-31)13-19(30-35-26)12-25(2)23(32)28-24(33)29-25/h3-11,31H,12-15H2,1-2H3,(H2,28,29,32,33). The summed E-state index contributed by atoms with van der Waals surface area (Å²) in [5.74, 6) is 0.266. The van der Waals surface area contributed by atoms with Crippen LogP contribution in [0.5, 0.6) is 5.75 Å². The molecule has 1 aromatic heterocycles. The van der Waals surface area contributed by atoms with Gasteiger partial charge in [0.15, 0.2) is 5.60 Å². The Hall–Kier alpha value is -3.98. The molecule has 2 aliphatic heterocycles. The zero-order valence-corrected chi connectivity index (χ0v) is 19.5. The predicted molar refractivity (Wildman–Crippen MR) is 129 cm³/mol. The monoisotopic (exact) mass is 474 g/mol. The van der Waals surface area contributed by atoms with E-state index < -0.39 is 23.1 Å². The average Bonchev–Trinajstić information content (AvgIpc) is 3.37. The number of para-hydroxylation sites is 1. The van der Waals surface area contributed by atoms with E-state index in [4.69, 9.17) is 9.57 Å². The average molecular weight is 475 g/mol. The van der Waals surface area contributed by atoms with E-state index in [2.05, 4.69) is 20.8 Å². The molecule has 0 aliphatic carbocycles. The minimum atomic E-state index is -1.10. The van der Waals surface area contributed by atoms with E-state index in [1.54, 1.807) is 6.92 Å². The van der Waals surface area contributed by atoms with Crippen LogP contribution >= 0.6 is 0 Å². The molecule has 1 fully saturated rings. The molecular formula is C26H26N4O5. The van der Waals surface area contributed by atoms with Crippen LogP contribution in [-0.4, -0.2) is 39.9 Å². The van der Waals surface area contributed by atoms with Gasteiger partial charge in [0.05, 0.1) is 17.8 Å². The number of hydrogen-bond donors (Lipinski definition) is 3. The lowest BCUT2D eigenvalue weighted by molar-refractivity contribution is -0.123. The second kappa shape index (κ2) is 8.66. The topological polar surface area (TPSA) is 122 Å². The molecule has 2 atom stereocenters. The number of fused-ring (bicyclic) bond motifs is 1. The van der Waals surface area contributed by atoms with Crippen LogP contribution in [0.25, 0.3) is 10.9 Å². The minimum absolute atomic E-state index is 0.187. The lowest BCUT2D eigenvalue weighted by Crippen LogP contribution is -2.45. The third kappa shape index (κ3) is 4.30. The SMILES string of the molecule is Cc1cc(COc2ccc(C3(CO)CC(CC4(C)NC(=O)NC4=O)=NO3)cc2)c2ccccc2n1. The summed E-state index contributed by atoms with van der Waals surface area (Å²) in [6.45, 7) is 3.70. The number of aryl methyl sites for hydroxylation is 1. The van der Waals surface area contributed by atoms with Gasteiger partial charge in [-0.1, -0.05) is 35.5 Å². The molecule has 3 aromatic rings. The van der Waals surface area contributed by atoms with Crippen molar-refractivity contribution in [1.82, 2.24) is 15.6 Å². The van der Waals surface area contributed by atoms with E-state index in [0.717, 1.165) is 27.7 Å².